The summed E-state index contributed by atoms with van der Waals surface area (Å²) in [6, 6.07) is 23.6. The Bertz CT molecular complexity index is 2770. The van der Waals surface area contributed by atoms with Gasteiger partial charge in [0, 0.05) is 5.69 Å². The van der Waals surface area contributed by atoms with Crippen molar-refractivity contribution in [3.05, 3.63) is 122 Å². The third kappa shape index (κ3) is 11.7. The second kappa shape index (κ2) is 19.0. The Kier molecular flexibility index (Phi) is 14.4. The number of hydrogen-bond donors (Lipinski definition) is 7. The summed E-state index contributed by atoms with van der Waals surface area (Å²) >= 11 is 16.3. The minimum atomic E-state index is -4.87. The van der Waals surface area contributed by atoms with E-state index in [0.717, 1.165) is 22.9 Å². The number of halogens is 2. The van der Waals surface area contributed by atoms with Gasteiger partial charge in [-0.1, -0.05) is 66.7 Å². The Morgan fingerprint density at radius 1 is 0.793 bits per heavy atom. The molecule has 0 radical (unpaired) electrons. The first-order chi connectivity index (χ1) is 27.4. The first-order valence-corrected chi connectivity index (χ1v) is 21.6. The fourth-order valence-electron chi connectivity index (χ4n) is 5.34. The number of phenols is 1. The van der Waals surface area contributed by atoms with Crippen molar-refractivity contribution in [3.8, 4) is 5.75 Å². The van der Waals surface area contributed by atoms with Crippen LogP contribution in [0.4, 0.5) is 11.4 Å². The molecule has 1 unspecified atom stereocenters. The fraction of sp³-hybridized carbons (Fsp3) is 0.0541. The maximum Gasteiger partial charge on any atom is 0.295 e. The number of carbonyl (C=O) groups excluding carboxylic acids is 2. The predicted molar refractivity (Wildman–Crippen MR) is 234 cm³/mol. The van der Waals surface area contributed by atoms with E-state index in [-0.39, 0.29) is 39.8 Å². The van der Waals surface area contributed by atoms with E-state index in [1.165, 1.54) is 42.6 Å². The number of fused-ring (bicyclic) bond motifs is 1. The van der Waals surface area contributed by atoms with Crippen LogP contribution in [0.3, 0.4) is 0 Å². The number of hydrazine groups is 1. The van der Waals surface area contributed by atoms with Gasteiger partial charge in [-0.3, -0.25) is 29.5 Å². The number of phenolic OH excluding ortho intramolecular Hbond substituents is 1. The molecule has 298 valence electrons. The first kappa shape index (κ1) is 43.9. The molecule has 58 heavy (non-hydrogen) atoms. The van der Waals surface area contributed by atoms with Gasteiger partial charge >= 0.3 is 0 Å². The second-order valence-electron chi connectivity index (χ2n) is 12.0. The summed E-state index contributed by atoms with van der Waals surface area (Å²) in [4.78, 5) is 29.5. The maximum atomic E-state index is 13.5. The van der Waals surface area contributed by atoms with Gasteiger partial charge in [-0.25, -0.2) is 5.43 Å². The Morgan fingerprint density at radius 3 is 2.05 bits per heavy atom. The minimum absolute atomic E-state index is 0.0201. The number of anilines is 1. The van der Waals surface area contributed by atoms with E-state index in [4.69, 9.17) is 12.2 Å². The van der Waals surface area contributed by atoms with Crippen molar-refractivity contribution in [2.24, 2.45) is 16.0 Å². The van der Waals surface area contributed by atoms with E-state index in [1.807, 2.05) is 36.4 Å². The van der Waals surface area contributed by atoms with E-state index in [1.54, 1.807) is 18.2 Å². The van der Waals surface area contributed by atoms with E-state index in [0.29, 0.717) is 20.1 Å². The van der Waals surface area contributed by atoms with Crippen LogP contribution in [0.2, 0.25) is 0 Å². The molecule has 0 saturated carbocycles. The summed E-state index contributed by atoms with van der Waals surface area (Å²) in [5, 5.41) is 20.3. The lowest BCUT2D eigenvalue weighted by molar-refractivity contribution is -0.135. The van der Waals surface area contributed by atoms with Crippen molar-refractivity contribution < 1.29 is 40.6 Å². The number of carbonyl (C=O) groups is 2. The highest BCUT2D eigenvalue weighted by atomic mass is 79.9. The van der Waals surface area contributed by atoms with Gasteiger partial charge < -0.3 is 10.4 Å². The highest BCUT2D eigenvalue weighted by Crippen LogP contribution is 2.33. The molecule has 21 heteroatoms. The molecule has 5 rings (SSSR count). The van der Waals surface area contributed by atoms with Crippen LogP contribution in [-0.2, 0) is 36.2 Å². The van der Waals surface area contributed by atoms with Crippen LogP contribution < -0.4 is 21.6 Å². The molecule has 0 aliphatic rings. The lowest BCUT2D eigenvalue weighted by Crippen LogP contribution is -2.49. The van der Waals surface area contributed by atoms with Crippen LogP contribution in [0.25, 0.3) is 22.9 Å². The van der Waals surface area contributed by atoms with Gasteiger partial charge in [0.05, 0.1) is 26.0 Å². The number of rotatable bonds is 12. The van der Waals surface area contributed by atoms with Gasteiger partial charge in [0.25, 0.3) is 32.1 Å². The van der Waals surface area contributed by atoms with E-state index in [9.17, 15) is 40.6 Å². The van der Waals surface area contributed by atoms with E-state index < -0.39 is 47.8 Å². The lowest BCUT2D eigenvalue weighted by atomic mass is 9.96. The Morgan fingerprint density at radius 2 is 1.41 bits per heavy atom. The van der Waals surface area contributed by atoms with Gasteiger partial charge in [0.2, 0.25) is 0 Å². The largest absolute Gasteiger partial charge is 0.506 e. The molecule has 1 atom stereocenters. The average Bonchev–Trinajstić information content (AvgIpc) is 3.17. The molecule has 0 bridgehead atoms. The van der Waals surface area contributed by atoms with Crippen molar-refractivity contribution in [3.63, 3.8) is 0 Å². The molecule has 2 amide bonds. The average molecular weight is 989 g/mol. The number of isothiocyanates is 1. The molecule has 5 aromatic carbocycles. The van der Waals surface area contributed by atoms with Crippen molar-refractivity contribution in [2.75, 3.05) is 5.32 Å². The molecule has 5 aromatic rings. The summed E-state index contributed by atoms with van der Waals surface area (Å²) in [6.45, 7) is 0. The monoisotopic (exact) mass is 986 g/mol. The van der Waals surface area contributed by atoms with Crippen LogP contribution in [0, 0.1) is 5.92 Å². The maximum absolute atomic E-state index is 13.5. The number of benzene rings is 5. The number of thiocarbonyl (C=S) groups is 2. The smallest absolute Gasteiger partial charge is 0.295 e. The molecule has 0 aliphatic heterocycles. The standard InChI is InChI=1S/C37H28Br2N6O9S4/c38-30-15-22(16-31(39)34(30)46)19-41-43-35(47)29(14-21-5-6-23-3-1-2-4-26(23)13-21)36(48)44-45-37(56)42-28-12-10-25(33(18-28)58(52,53)54)8-7-24-9-11-27(40-20-55)17-32(24)57(49,50)51/h1-13,15-19,29,46H,14H2,(H,43,47)(H,44,48)(H2,42,45,56)(H,49,50,51)(H,52,53,54)/b8-7+,41-19+. The predicted octanol–water partition coefficient (Wildman–Crippen LogP) is 6.80. The molecule has 0 saturated heterocycles. The van der Waals surface area contributed by atoms with Gasteiger partial charge in [-0.2, -0.15) is 26.9 Å². The third-order valence-electron chi connectivity index (χ3n) is 8.06. The SMILES string of the molecule is O=C(N/N=C/c1cc(Br)c(O)c(Br)c1)C(Cc1ccc2ccccc2c1)C(=O)NNC(=S)Nc1ccc(/C=C/c2ccc(N=C=S)cc2S(=O)(=O)O)c(S(=O)(=O)O)c1. The number of aromatic hydroxyl groups is 1. The minimum Gasteiger partial charge on any atom is -0.506 e. The zero-order valence-corrected chi connectivity index (χ0v) is 35.7. The molecule has 0 aliphatic carbocycles. The quantitative estimate of drug-likeness (QED) is 0.0170. The molecule has 7 N–H and O–H groups in total. The van der Waals surface area contributed by atoms with Crippen molar-refractivity contribution in [2.45, 2.75) is 16.2 Å². The van der Waals surface area contributed by atoms with Gasteiger partial charge in [0.15, 0.2) is 5.11 Å². The zero-order valence-electron chi connectivity index (χ0n) is 29.3. The molecule has 0 aromatic heterocycles. The highest BCUT2D eigenvalue weighted by Gasteiger charge is 2.28. The van der Waals surface area contributed by atoms with Crippen molar-refractivity contribution in [1.82, 2.24) is 16.3 Å². The van der Waals surface area contributed by atoms with Crippen LogP contribution in [0.15, 0.2) is 120 Å². The van der Waals surface area contributed by atoms with Crippen LogP contribution >= 0.6 is 56.3 Å². The van der Waals surface area contributed by atoms with Gasteiger partial charge in [-0.15, -0.1) is 0 Å². The molecular formula is C37H28Br2N6O9S4. The third-order valence-corrected chi connectivity index (χ3v) is 11.4. The second-order valence-corrected chi connectivity index (χ2v) is 17.1. The number of hydrogen-bond acceptors (Lipinski definition) is 11. The number of hydrazone groups is 1. The molecule has 0 heterocycles. The lowest BCUT2D eigenvalue weighted by Gasteiger charge is -2.18. The molecule has 15 nitrogen and oxygen atoms in total. The number of nitrogens with zero attached hydrogens (tertiary/aromatic N) is 2. The normalized spacial score (nSPS) is 12.2. The summed E-state index contributed by atoms with van der Waals surface area (Å²) in [5.41, 5.74) is 8.46. The Hall–Kier alpha value is -5.22. The number of aliphatic imine (C=N–C) groups is 1. The van der Waals surface area contributed by atoms with Crippen LogP contribution in [0.5, 0.6) is 5.75 Å². The van der Waals surface area contributed by atoms with E-state index >= 15 is 0 Å². The first-order valence-electron chi connectivity index (χ1n) is 16.3. The Balaban J connectivity index is 1.32. The topological polar surface area (TPSA) is 236 Å². The Labute approximate surface area is 359 Å². The van der Waals surface area contributed by atoms with Crippen LogP contribution in [-0.4, -0.2) is 59.4 Å². The van der Waals surface area contributed by atoms with Gasteiger partial charge in [0.1, 0.15) is 21.5 Å². The van der Waals surface area contributed by atoms with Crippen LogP contribution in [0.1, 0.15) is 22.3 Å². The summed E-state index contributed by atoms with van der Waals surface area (Å²) < 4.78 is 69.3. The zero-order chi connectivity index (χ0) is 42.2. The van der Waals surface area contributed by atoms with E-state index in [2.05, 4.69) is 80.9 Å². The van der Waals surface area contributed by atoms with Gasteiger partial charge in [-0.05, 0) is 132 Å². The summed E-state index contributed by atoms with van der Waals surface area (Å²) in [6.07, 6.45) is 3.68. The van der Waals surface area contributed by atoms with Crippen molar-refractivity contribution in [1.29, 1.82) is 0 Å². The number of amides is 2. The summed E-state index contributed by atoms with van der Waals surface area (Å²) in [7, 11) is -9.61. The molecule has 0 spiro atoms. The van der Waals surface area contributed by atoms with Crippen molar-refractivity contribution >= 4 is 139 Å². The number of nitrogens with one attached hydrogen (secondary N) is 4. The molecular weight excluding hydrogens is 961 g/mol. The summed E-state index contributed by atoms with van der Waals surface area (Å²) in [5.74, 6) is -2.92. The highest BCUT2D eigenvalue weighted by molar-refractivity contribution is 9.11. The fourth-order valence-corrected chi connectivity index (χ4v) is 8.25. The molecule has 0 fully saturated rings.